The van der Waals surface area contributed by atoms with Gasteiger partial charge in [-0.05, 0) is 19.8 Å². The molecule has 90 valence electrons. The Kier molecular flexibility index (Phi) is 3.79. The maximum Gasteiger partial charge on any atom is 0.172 e. The van der Waals surface area contributed by atoms with Crippen molar-refractivity contribution < 1.29 is 14.6 Å². The summed E-state index contributed by atoms with van der Waals surface area (Å²) in [5, 5.41) is 8.69. The van der Waals surface area contributed by atoms with Gasteiger partial charge in [0, 0.05) is 12.8 Å². The highest BCUT2D eigenvalue weighted by Gasteiger charge is 2.39. The molecule has 0 radical (unpaired) electrons. The number of ether oxygens (including phenoxy) is 2. The number of aliphatic hydroxyl groups excluding tert-OH is 1. The van der Waals surface area contributed by atoms with E-state index in [-0.39, 0.29) is 12.4 Å². The standard InChI is InChI=1S/C13H20O3/c1-11-10-13(15-8-9-16-13)6-5-12(11)4-2-3-7-14/h2-3,14H,4-10H2,1H3/b3-2+. The third-order valence-electron chi connectivity index (χ3n) is 3.40. The first kappa shape index (κ1) is 11.8. The Morgan fingerprint density at radius 3 is 2.69 bits per heavy atom. The van der Waals surface area contributed by atoms with Crippen LogP contribution < -0.4 is 0 Å². The molecular weight excluding hydrogens is 204 g/mol. The Labute approximate surface area is 96.7 Å². The van der Waals surface area contributed by atoms with Crippen molar-refractivity contribution >= 4 is 0 Å². The second-order valence-electron chi connectivity index (χ2n) is 4.53. The minimum Gasteiger partial charge on any atom is -0.392 e. The fraction of sp³-hybridized carbons (Fsp3) is 0.692. The van der Waals surface area contributed by atoms with Crippen LogP contribution in [0.1, 0.15) is 32.6 Å². The maximum absolute atomic E-state index is 8.69. The van der Waals surface area contributed by atoms with Crippen molar-refractivity contribution in [2.24, 2.45) is 0 Å². The zero-order valence-electron chi connectivity index (χ0n) is 9.87. The number of rotatable bonds is 3. The topological polar surface area (TPSA) is 38.7 Å². The van der Waals surface area contributed by atoms with Crippen LogP contribution in [0.5, 0.6) is 0 Å². The van der Waals surface area contributed by atoms with Crippen molar-refractivity contribution in [3.05, 3.63) is 23.3 Å². The molecule has 2 aliphatic rings. The first-order chi connectivity index (χ1) is 7.76. The number of hydrogen-bond donors (Lipinski definition) is 1. The first-order valence-corrected chi connectivity index (χ1v) is 5.97. The van der Waals surface area contributed by atoms with E-state index < -0.39 is 0 Å². The highest BCUT2D eigenvalue weighted by molar-refractivity contribution is 5.21. The highest BCUT2D eigenvalue weighted by atomic mass is 16.7. The molecule has 0 saturated carbocycles. The number of hydrogen-bond acceptors (Lipinski definition) is 3. The van der Waals surface area contributed by atoms with Gasteiger partial charge in [-0.2, -0.15) is 0 Å². The van der Waals surface area contributed by atoms with Gasteiger partial charge < -0.3 is 14.6 Å². The molecule has 0 aromatic heterocycles. The van der Waals surface area contributed by atoms with Crippen molar-refractivity contribution in [1.82, 2.24) is 0 Å². The lowest BCUT2D eigenvalue weighted by molar-refractivity contribution is -0.163. The van der Waals surface area contributed by atoms with Gasteiger partial charge in [0.1, 0.15) is 0 Å². The van der Waals surface area contributed by atoms with Crippen LogP contribution in [0.25, 0.3) is 0 Å². The Bertz CT molecular complexity index is 298. The Hall–Kier alpha value is -0.640. The smallest absolute Gasteiger partial charge is 0.172 e. The van der Waals surface area contributed by atoms with Crippen molar-refractivity contribution in [2.45, 2.75) is 38.4 Å². The van der Waals surface area contributed by atoms with Gasteiger partial charge >= 0.3 is 0 Å². The van der Waals surface area contributed by atoms with Crippen molar-refractivity contribution in [1.29, 1.82) is 0 Å². The molecule has 1 aliphatic carbocycles. The van der Waals surface area contributed by atoms with Gasteiger partial charge in [-0.1, -0.05) is 23.3 Å². The molecule has 0 amide bonds. The summed E-state index contributed by atoms with van der Waals surface area (Å²) in [5.41, 5.74) is 2.85. The van der Waals surface area contributed by atoms with Gasteiger partial charge in [0.2, 0.25) is 0 Å². The predicted molar refractivity (Wildman–Crippen MR) is 62.0 cm³/mol. The maximum atomic E-state index is 8.69. The van der Waals surface area contributed by atoms with E-state index >= 15 is 0 Å². The van der Waals surface area contributed by atoms with E-state index in [9.17, 15) is 0 Å². The van der Waals surface area contributed by atoms with Crippen LogP contribution in [-0.2, 0) is 9.47 Å². The minimum atomic E-state index is -0.311. The van der Waals surface area contributed by atoms with E-state index in [0.717, 1.165) is 38.9 Å². The summed E-state index contributed by atoms with van der Waals surface area (Å²) in [6, 6.07) is 0. The molecule has 1 saturated heterocycles. The Balaban J connectivity index is 1.98. The van der Waals surface area contributed by atoms with Gasteiger partial charge in [-0.3, -0.25) is 0 Å². The average molecular weight is 224 g/mol. The van der Waals surface area contributed by atoms with Gasteiger partial charge in [0.05, 0.1) is 19.8 Å². The van der Waals surface area contributed by atoms with E-state index in [1.165, 1.54) is 11.1 Å². The molecule has 1 fully saturated rings. The summed E-state index contributed by atoms with van der Waals surface area (Å²) >= 11 is 0. The Morgan fingerprint density at radius 1 is 1.31 bits per heavy atom. The summed E-state index contributed by atoms with van der Waals surface area (Å²) in [7, 11) is 0. The third-order valence-corrected chi connectivity index (χ3v) is 3.40. The zero-order valence-corrected chi connectivity index (χ0v) is 9.87. The molecule has 16 heavy (non-hydrogen) atoms. The highest BCUT2D eigenvalue weighted by Crippen LogP contribution is 2.39. The van der Waals surface area contributed by atoms with Crippen LogP contribution >= 0.6 is 0 Å². The third kappa shape index (κ3) is 2.54. The molecule has 0 bridgehead atoms. The monoisotopic (exact) mass is 224 g/mol. The van der Waals surface area contributed by atoms with Gasteiger partial charge in [-0.15, -0.1) is 0 Å². The minimum absolute atomic E-state index is 0.127. The lowest BCUT2D eigenvalue weighted by atomic mass is 9.86. The van der Waals surface area contributed by atoms with E-state index in [4.69, 9.17) is 14.6 Å². The molecule has 3 nitrogen and oxygen atoms in total. The SMILES string of the molecule is CC1=C(C/C=C/CO)CCC2(C1)OCCO2. The van der Waals surface area contributed by atoms with E-state index in [2.05, 4.69) is 6.92 Å². The normalized spacial score (nSPS) is 24.9. The van der Waals surface area contributed by atoms with E-state index in [0.29, 0.717) is 0 Å². The van der Waals surface area contributed by atoms with Crippen LogP contribution in [0.2, 0.25) is 0 Å². The number of allylic oxidation sites excluding steroid dienone is 2. The fourth-order valence-corrected chi connectivity index (χ4v) is 2.49. The number of aliphatic hydroxyl groups is 1. The van der Waals surface area contributed by atoms with Crippen LogP contribution in [0.4, 0.5) is 0 Å². The summed E-state index contributed by atoms with van der Waals surface area (Å²) in [4.78, 5) is 0. The molecule has 3 heteroatoms. The Morgan fingerprint density at radius 2 is 2.06 bits per heavy atom. The molecule has 1 spiro atoms. The second-order valence-corrected chi connectivity index (χ2v) is 4.53. The van der Waals surface area contributed by atoms with Gasteiger partial charge in [0.25, 0.3) is 0 Å². The molecule has 0 aromatic carbocycles. The molecule has 1 heterocycles. The molecule has 1 N–H and O–H groups in total. The van der Waals surface area contributed by atoms with Gasteiger partial charge in [0.15, 0.2) is 5.79 Å². The van der Waals surface area contributed by atoms with Crippen molar-refractivity contribution in [3.8, 4) is 0 Å². The summed E-state index contributed by atoms with van der Waals surface area (Å²) in [5.74, 6) is -0.311. The lowest BCUT2D eigenvalue weighted by Gasteiger charge is -2.33. The van der Waals surface area contributed by atoms with Crippen LogP contribution in [0.3, 0.4) is 0 Å². The molecule has 0 atom stereocenters. The van der Waals surface area contributed by atoms with Crippen molar-refractivity contribution in [3.63, 3.8) is 0 Å². The molecule has 0 unspecified atom stereocenters. The van der Waals surface area contributed by atoms with Gasteiger partial charge in [-0.25, -0.2) is 0 Å². The van der Waals surface area contributed by atoms with E-state index in [1.54, 1.807) is 6.08 Å². The average Bonchev–Trinajstić information content (AvgIpc) is 2.70. The quantitative estimate of drug-likeness (QED) is 0.747. The fourth-order valence-electron chi connectivity index (χ4n) is 2.49. The molecule has 1 aliphatic heterocycles. The van der Waals surface area contributed by atoms with Crippen LogP contribution in [0.15, 0.2) is 23.3 Å². The largest absolute Gasteiger partial charge is 0.392 e. The zero-order chi connectivity index (χ0) is 11.4. The summed E-state index contributed by atoms with van der Waals surface area (Å²) in [6.45, 7) is 3.75. The second kappa shape index (κ2) is 5.13. The molecule has 2 rings (SSSR count). The van der Waals surface area contributed by atoms with E-state index in [1.807, 2.05) is 6.08 Å². The first-order valence-electron chi connectivity index (χ1n) is 5.97. The molecular formula is C13H20O3. The predicted octanol–water partition coefficient (Wildman–Crippen LogP) is 2.17. The van der Waals surface area contributed by atoms with Crippen LogP contribution in [-0.4, -0.2) is 30.7 Å². The van der Waals surface area contributed by atoms with Crippen LogP contribution in [0, 0.1) is 0 Å². The summed E-state index contributed by atoms with van der Waals surface area (Å²) < 4.78 is 11.4. The lowest BCUT2D eigenvalue weighted by Crippen LogP contribution is -2.33. The summed E-state index contributed by atoms with van der Waals surface area (Å²) in [6.07, 6.45) is 7.69. The van der Waals surface area contributed by atoms with Crippen molar-refractivity contribution in [2.75, 3.05) is 19.8 Å². The molecule has 0 aromatic rings.